The van der Waals surface area contributed by atoms with Crippen LogP contribution in [0.15, 0.2) is 42.6 Å². The van der Waals surface area contributed by atoms with Gasteiger partial charge in [0.1, 0.15) is 23.6 Å². The highest BCUT2D eigenvalue weighted by Gasteiger charge is 2.21. The van der Waals surface area contributed by atoms with Crippen molar-refractivity contribution in [3.8, 4) is 6.07 Å². The van der Waals surface area contributed by atoms with Gasteiger partial charge in [0, 0.05) is 6.20 Å². The molecule has 0 aliphatic heterocycles. The first-order chi connectivity index (χ1) is 10.5. The Bertz CT molecular complexity index is 736. The molecule has 1 heterocycles. The van der Waals surface area contributed by atoms with E-state index in [1.807, 2.05) is 6.07 Å². The Balaban J connectivity index is 2.20. The van der Waals surface area contributed by atoms with E-state index in [0.717, 1.165) is 12.1 Å². The minimum atomic E-state index is -1.11. The molecule has 0 saturated heterocycles. The van der Waals surface area contributed by atoms with Gasteiger partial charge in [-0.1, -0.05) is 12.1 Å². The Labute approximate surface area is 125 Å². The molecule has 1 aromatic heterocycles. The van der Waals surface area contributed by atoms with Gasteiger partial charge in [-0.3, -0.25) is 9.59 Å². The number of carbonyl (C=O) groups excluding carboxylic acids is 2. The van der Waals surface area contributed by atoms with Gasteiger partial charge in [-0.25, -0.2) is 9.37 Å². The molecule has 0 saturated carbocycles. The van der Waals surface area contributed by atoms with E-state index in [1.165, 1.54) is 30.5 Å². The highest BCUT2D eigenvalue weighted by Crippen LogP contribution is 2.14. The van der Waals surface area contributed by atoms with E-state index in [4.69, 9.17) is 11.0 Å². The van der Waals surface area contributed by atoms with Gasteiger partial charge in [-0.05, 0) is 29.8 Å². The lowest BCUT2D eigenvalue weighted by atomic mass is 10.1. The molecule has 0 radical (unpaired) electrons. The second kappa shape index (κ2) is 6.45. The van der Waals surface area contributed by atoms with E-state index in [1.54, 1.807) is 0 Å². The summed E-state index contributed by atoms with van der Waals surface area (Å²) in [7, 11) is 0. The van der Waals surface area contributed by atoms with Crippen molar-refractivity contribution in [1.29, 1.82) is 5.26 Å². The van der Waals surface area contributed by atoms with Crippen LogP contribution in [0, 0.1) is 17.1 Å². The predicted molar refractivity (Wildman–Crippen MR) is 74.8 cm³/mol. The maximum Gasteiger partial charge on any atom is 0.270 e. The van der Waals surface area contributed by atoms with E-state index >= 15 is 0 Å². The molecule has 110 valence electrons. The minimum absolute atomic E-state index is 0.0346. The number of hydrogen-bond donors (Lipinski definition) is 2. The van der Waals surface area contributed by atoms with Crippen molar-refractivity contribution in [2.75, 3.05) is 0 Å². The van der Waals surface area contributed by atoms with Crippen LogP contribution in [0.4, 0.5) is 4.39 Å². The fraction of sp³-hybridized carbons (Fsp3) is 0.0667. The van der Waals surface area contributed by atoms with Gasteiger partial charge in [0.2, 0.25) is 5.91 Å². The van der Waals surface area contributed by atoms with Gasteiger partial charge in [0.25, 0.3) is 5.91 Å². The Morgan fingerprint density at radius 1 is 1.23 bits per heavy atom. The minimum Gasteiger partial charge on any atom is -0.368 e. The maximum atomic E-state index is 12.9. The highest BCUT2D eigenvalue weighted by atomic mass is 19.1. The van der Waals surface area contributed by atoms with Gasteiger partial charge in [-0.15, -0.1) is 0 Å². The van der Waals surface area contributed by atoms with Crippen LogP contribution in [0.3, 0.4) is 0 Å². The van der Waals surface area contributed by atoms with E-state index in [9.17, 15) is 14.0 Å². The topological polar surface area (TPSA) is 109 Å². The zero-order valence-corrected chi connectivity index (χ0v) is 11.3. The average molecular weight is 298 g/mol. The van der Waals surface area contributed by atoms with Crippen LogP contribution in [0.25, 0.3) is 0 Å². The number of aromatic nitrogens is 1. The van der Waals surface area contributed by atoms with Crippen molar-refractivity contribution in [3.05, 3.63) is 65.2 Å². The number of nitrogens with two attached hydrogens (primary N) is 1. The van der Waals surface area contributed by atoms with Crippen LogP contribution in [0.5, 0.6) is 0 Å². The molecule has 0 aliphatic rings. The average Bonchev–Trinajstić information content (AvgIpc) is 2.53. The SMILES string of the molecule is N#Cc1ccc(C(=O)N[C@H](C(N)=O)c2ccc(F)cc2)nc1. The molecule has 2 rings (SSSR count). The van der Waals surface area contributed by atoms with Crippen LogP contribution in [-0.4, -0.2) is 16.8 Å². The fourth-order valence-corrected chi connectivity index (χ4v) is 1.77. The summed E-state index contributed by atoms with van der Waals surface area (Å²) in [6.07, 6.45) is 1.24. The number of nitrogens with zero attached hydrogens (tertiary/aromatic N) is 2. The number of carbonyl (C=O) groups is 2. The number of primary amides is 1. The van der Waals surface area contributed by atoms with Gasteiger partial charge >= 0.3 is 0 Å². The summed E-state index contributed by atoms with van der Waals surface area (Å²) >= 11 is 0. The van der Waals surface area contributed by atoms with Crippen molar-refractivity contribution in [2.24, 2.45) is 5.73 Å². The number of halogens is 1. The number of nitrogens with one attached hydrogen (secondary N) is 1. The van der Waals surface area contributed by atoms with Crippen molar-refractivity contribution in [3.63, 3.8) is 0 Å². The number of rotatable bonds is 4. The summed E-state index contributed by atoms with van der Waals surface area (Å²) in [5.74, 6) is -1.88. The summed E-state index contributed by atoms with van der Waals surface area (Å²) in [6, 6.07) is 8.61. The number of benzene rings is 1. The second-order valence-corrected chi connectivity index (χ2v) is 4.40. The van der Waals surface area contributed by atoms with Gasteiger partial charge < -0.3 is 11.1 Å². The van der Waals surface area contributed by atoms with Gasteiger partial charge in [0.15, 0.2) is 0 Å². The summed E-state index contributed by atoms with van der Waals surface area (Å²) in [6.45, 7) is 0. The molecule has 6 nitrogen and oxygen atoms in total. The van der Waals surface area contributed by atoms with Gasteiger partial charge in [-0.2, -0.15) is 5.26 Å². The summed E-state index contributed by atoms with van der Waals surface area (Å²) in [5.41, 5.74) is 5.97. The monoisotopic (exact) mass is 298 g/mol. The lowest BCUT2D eigenvalue weighted by molar-refractivity contribution is -0.120. The lowest BCUT2D eigenvalue weighted by Gasteiger charge is -2.15. The van der Waals surface area contributed by atoms with Crippen LogP contribution < -0.4 is 11.1 Å². The quantitative estimate of drug-likeness (QED) is 0.879. The highest BCUT2D eigenvalue weighted by molar-refractivity contribution is 5.96. The Morgan fingerprint density at radius 3 is 2.41 bits per heavy atom. The smallest absolute Gasteiger partial charge is 0.270 e. The van der Waals surface area contributed by atoms with E-state index in [-0.39, 0.29) is 5.69 Å². The number of amides is 2. The largest absolute Gasteiger partial charge is 0.368 e. The normalized spacial score (nSPS) is 11.3. The summed E-state index contributed by atoms with van der Waals surface area (Å²) < 4.78 is 12.9. The molecule has 0 fully saturated rings. The number of pyridine rings is 1. The molecular formula is C15H11FN4O2. The number of hydrogen-bond acceptors (Lipinski definition) is 4. The molecule has 7 heteroatoms. The molecule has 0 aliphatic carbocycles. The van der Waals surface area contributed by atoms with Crippen LogP contribution >= 0.6 is 0 Å². The first-order valence-corrected chi connectivity index (χ1v) is 6.23. The zero-order valence-electron chi connectivity index (χ0n) is 11.3. The first-order valence-electron chi connectivity index (χ1n) is 6.23. The first kappa shape index (κ1) is 15.1. The van der Waals surface area contributed by atoms with Crippen LogP contribution in [0.2, 0.25) is 0 Å². The molecule has 0 spiro atoms. The lowest BCUT2D eigenvalue weighted by Crippen LogP contribution is -2.37. The van der Waals surface area contributed by atoms with E-state index in [2.05, 4.69) is 10.3 Å². The summed E-state index contributed by atoms with van der Waals surface area (Å²) in [5, 5.41) is 11.1. The molecule has 2 aromatic rings. The Kier molecular flexibility index (Phi) is 4.44. The zero-order chi connectivity index (χ0) is 16.1. The molecule has 1 aromatic carbocycles. The van der Waals surface area contributed by atoms with Crippen molar-refractivity contribution in [2.45, 2.75) is 6.04 Å². The predicted octanol–water partition coefficient (Wildman–Crippen LogP) is 1.05. The van der Waals surface area contributed by atoms with E-state index < -0.39 is 23.7 Å². The van der Waals surface area contributed by atoms with Gasteiger partial charge in [0.05, 0.1) is 5.56 Å². The molecular weight excluding hydrogens is 287 g/mol. The Morgan fingerprint density at radius 2 is 1.91 bits per heavy atom. The molecule has 22 heavy (non-hydrogen) atoms. The van der Waals surface area contributed by atoms with Crippen molar-refractivity contribution < 1.29 is 14.0 Å². The fourth-order valence-electron chi connectivity index (χ4n) is 1.77. The van der Waals surface area contributed by atoms with Crippen molar-refractivity contribution in [1.82, 2.24) is 10.3 Å². The molecule has 0 unspecified atom stereocenters. The Hall–Kier alpha value is -3.27. The molecule has 2 amide bonds. The third-order valence-electron chi connectivity index (χ3n) is 2.89. The summed E-state index contributed by atoms with van der Waals surface area (Å²) in [4.78, 5) is 27.4. The number of nitriles is 1. The molecule has 1 atom stereocenters. The maximum absolute atomic E-state index is 12.9. The third-order valence-corrected chi connectivity index (χ3v) is 2.89. The van der Waals surface area contributed by atoms with Crippen molar-refractivity contribution >= 4 is 11.8 Å². The molecule has 3 N–H and O–H groups in total. The second-order valence-electron chi connectivity index (χ2n) is 4.40. The standard InChI is InChI=1S/C15H11FN4O2/c16-11-4-2-10(3-5-11)13(14(18)21)20-15(22)12-6-1-9(7-17)8-19-12/h1-6,8,13H,(H2,18,21)(H,20,22)/t13-/m0/s1. The third kappa shape index (κ3) is 3.43. The van der Waals surface area contributed by atoms with E-state index in [0.29, 0.717) is 11.1 Å². The molecule has 0 bridgehead atoms. The van der Waals surface area contributed by atoms with Crippen LogP contribution in [-0.2, 0) is 4.79 Å². The van der Waals surface area contributed by atoms with Crippen LogP contribution in [0.1, 0.15) is 27.7 Å².